The normalized spacial score (nSPS) is 11.5. The summed E-state index contributed by atoms with van der Waals surface area (Å²) in [6.45, 7) is 0. The minimum absolute atomic E-state index is 0.335. The standard InChI is InChI=1S/C26H16FN3/c27-24-25(19-10-9-17-5-1-2-6-18(17)15-19)29-22-8-4-3-7-21(22)26(24)30-14-12-20-16-28-13-11-23(20)30/h1-16H. The number of hydrogen-bond acceptors (Lipinski definition) is 2. The molecule has 6 rings (SSSR count). The number of hydrogen-bond donors (Lipinski definition) is 0. The van der Waals surface area contributed by atoms with Crippen molar-refractivity contribution in [3.8, 4) is 16.9 Å². The largest absolute Gasteiger partial charge is 0.313 e. The maximum atomic E-state index is 16.1. The Morgan fingerprint density at radius 1 is 0.767 bits per heavy atom. The fraction of sp³-hybridized carbons (Fsp3) is 0. The number of aromatic nitrogens is 3. The van der Waals surface area contributed by atoms with Crippen LogP contribution in [0.3, 0.4) is 0 Å². The Kier molecular flexibility index (Phi) is 3.65. The average Bonchev–Trinajstić information content (AvgIpc) is 3.22. The van der Waals surface area contributed by atoms with Gasteiger partial charge in [-0.15, -0.1) is 0 Å². The van der Waals surface area contributed by atoms with Crippen LogP contribution in [0.5, 0.6) is 0 Å². The van der Waals surface area contributed by atoms with E-state index in [0.29, 0.717) is 11.4 Å². The maximum Gasteiger partial charge on any atom is 0.174 e. The summed E-state index contributed by atoms with van der Waals surface area (Å²) >= 11 is 0. The molecule has 0 amide bonds. The second-order valence-electron chi connectivity index (χ2n) is 7.32. The van der Waals surface area contributed by atoms with Gasteiger partial charge in [0.15, 0.2) is 5.82 Å². The quantitative estimate of drug-likeness (QED) is 0.337. The second-order valence-corrected chi connectivity index (χ2v) is 7.32. The molecule has 30 heavy (non-hydrogen) atoms. The highest BCUT2D eigenvalue weighted by atomic mass is 19.1. The van der Waals surface area contributed by atoms with Crippen LogP contribution in [0.15, 0.2) is 97.5 Å². The molecular weight excluding hydrogens is 373 g/mol. The lowest BCUT2D eigenvalue weighted by atomic mass is 10.0. The fourth-order valence-electron chi connectivity index (χ4n) is 4.11. The Bertz CT molecular complexity index is 1570. The van der Waals surface area contributed by atoms with E-state index >= 15 is 4.39 Å². The van der Waals surface area contributed by atoms with Crippen molar-refractivity contribution in [1.82, 2.24) is 14.5 Å². The van der Waals surface area contributed by atoms with Gasteiger partial charge in [-0.3, -0.25) is 4.98 Å². The Morgan fingerprint density at radius 2 is 1.60 bits per heavy atom. The van der Waals surface area contributed by atoms with Crippen LogP contribution in [-0.4, -0.2) is 14.5 Å². The maximum absolute atomic E-state index is 16.1. The molecule has 3 heterocycles. The zero-order chi connectivity index (χ0) is 20.1. The first-order valence-electron chi connectivity index (χ1n) is 9.78. The smallest absolute Gasteiger partial charge is 0.174 e. The van der Waals surface area contributed by atoms with Crippen molar-refractivity contribution >= 4 is 32.6 Å². The summed E-state index contributed by atoms with van der Waals surface area (Å²) in [7, 11) is 0. The average molecular weight is 389 g/mol. The van der Waals surface area contributed by atoms with E-state index in [9.17, 15) is 0 Å². The molecule has 0 aliphatic carbocycles. The molecule has 0 spiro atoms. The molecule has 3 nitrogen and oxygen atoms in total. The third-order valence-corrected chi connectivity index (χ3v) is 5.56. The Morgan fingerprint density at radius 3 is 2.53 bits per heavy atom. The monoisotopic (exact) mass is 389 g/mol. The lowest BCUT2D eigenvalue weighted by molar-refractivity contribution is 0.621. The molecule has 0 unspecified atom stereocenters. The van der Waals surface area contributed by atoms with Crippen LogP contribution >= 0.6 is 0 Å². The van der Waals surface area contributed by atoms with Crippen LogP contribution in [0.25, 0.3) is 49.5 Å². The summed E-state index contributed by atoms with van der Waals surface area (Å²) < 4.78 is 18.0. The first-order chi connectivity index (χ1) is 14.8. The van der Waals surface area contributed by atoms with E-state index in [1.165, 1.54) is 0 Å². The third kappa shape index (κ3) is 2.51. The van der Waals surface area contributed by atoms with E-state index < -0.39 is 0 Å². The van der Waals surface area contributed by atoms with Crippen molar-refractivity contribution in [1.29, 1.82) is 0 Å². The Hall–Kier alpha value is -4.05. The molecular formula is C26H16FN3. The topological polar surface area (TPSA) is 30.7 Å². The van der Waals surface area contributed by atoms with Crippen molar-refractivity contribution in [2.45, 2.75) is 0 Å². The molecule has 0 bridgehead atoms. The highest BCUT2D eigenvalue weighted by Crippen LogP contribution is 2.34. The predicted octanol–water partition coefficient (Wildman–Crippen LogP) is 6.53. The molecule has 0 aliphatic heterocycles. The van der Waals surface area contributed by atoms with Crippen LogP contribution in [0.4, 0.5) is 4.39 Å². The van der Waals surface area contributed by atoms with Gasteiger partial charge in [-0.25, -0.2) is 9.37 Å². The van der Waals surface area contributed by atoms with Crippen molar-refractivity contribution < 1.29 is 4.39 Å². The van der Waals surface area contributed by atoms with Gasteiger partial charge >= 0.3 is 0 Å². The second kappa shape index (κ2) is 6.49. The van der Waals surface area contributed by atoms with Crippen molar-refractivity contribution in [2.75, 3.05) is 0 Å². The number of halogens is 1. The van der Waals surface area contributed by atoms with Crippen molar-refractivity contribution in [2.24, 2.45) is 0 Å². The van der Waals surface area contributed by atoms with Crippen LogP contribution in [0, 0.1) is 5.82 Å². The van der Waals surface area contributed by atoms with Gasteiger partial charge in [0.25, 0.3) is 0 Å². The van der Waals surface area contributed by atoms with E-state index in [0.717, 1.165) is 38.1 Å². The van der Waals surface area contributed by atoms with Gasteiger partial charge in [0, 0.05) is 34.9 Å². The minimum Gasteiger partial charge on any atom is -0.313 e. The number of fused-ring (bicyclic) bond motifs is 3. The minimum atomic E-state index is -0.335. The molecule has 0 fully saturated rings. The van der Waals surface area contributed by atoms with Crippen LogP contribution in [-0.2, 0) is 0 Å². The number of pyridine rings is 2. The van der Waals surface area contributed by atoms with Crippen LogP contribution in [0.2, 0.25) is 0 Å². The molecule has 0 N–H and O–H groups in total. The summed E-state index contributed by atoms with van der Waals surface area (Å²) in [5.41, 5.74) is 3.28. The van der Waals surface area contributed by atoms with Crippen LogP contribution < -0.4 is 0 Å². The van der Waals surface area contributed by atoms with Gasteiger partial charge in [-0.05, 0) is 35.0 Å². The van der Waals surface area contributed by atoms with E-state index in [1.807, 2.05) is 83.6 Å². The van der Waals surface area contributed by atoms with Gasteiger partial charge in [0.05, 0.1) is 16.7 Å². The number of benzene rings is 3. The SMILES string of the molecule is Fc1c(-c2ccc3ccccc3c2)nc2ccccc2c1-n1ccc2cnccc21. The molecule has 142 valence electrons. The van der Waals surface area contributed by atoms with Crippen molar-refractivity contribution in [3.05, 3.63) is 103 Å². The molecule has 4 heteroatoms. The Balaban J connectivity index is 1.69. The molecule has 0 saturated carbocycles. The summed E-state index contributed by atoms with van der Waals surface area (Å²) in [6.07, 6.45) is 5.41. The predicted molar refractivity (Wildman–Crippen MR) is 119 cm³/mol. The number of para-hydroxylation sites is 1. The third-order valence-electron chi connectivity index (χ3n) is 5.56. The molecule has 6 aromatic rings. The zero-order valence-corrected chi connectivity index (χ0v) is 16.0. The summed E-state index contributed by atoms with van der Waals surface area (Å²) in [6, 6.07) is 25.6. The zero-order valence-electron chi connectivity index (χ0n) is 16.0. The summed E-state index contributed by atoms with van der Waals surface area (Å²) in [5, 5.41) is 3.91. The number of nitrogens with zero attached hydrogens (tertiary/aromatic N) is 3. The van der Waals surface area contributed by atoms with Gasteiger partial charge in [-0.1, -0.05) is 54.6 Å². The fourth-order valence-corrected chi connectivity index (χ4v) is 4.11. The molecule has 3 aromatic carbocycles. The van der Waals surface area contributed by atoms with Gasteiger partial charge in [-0.2, -0.15) is 0 Å². The molecule has 0 saturated heterocycles. The Labute approximate surface area is 172 Å². The molecule has 0 aliphatic rings. The van der Waals surface area contributed by atoms with E-state index in [-0.39, 0.29) is 5.82 Å². The summed E-state index contributed by atoms with van der Waals surface area (Å²) in [5.74, 6) is -0.335. The highest BCUT2D eigenvalue weighted by molar-refractivity contribution is 5.94. The lowest BCUT2D eigenvalue weighted by Crippen LogP contribution is -2.02. The summed E-state index contributed by atoms with van der Waals surface area (Å²) in [4.78, 5) is 8.88. The molecule has 0 atom stereocenters. The molecule has 0 radical (unpaired) electrons. The van der Waals surface area contributed by atoms with Gasteiger partial charge < -0.3 is 4.57 Å². The van der Waals surface area contributed by atoms with E-state index in [4.69, 9.17) is 4.98 Å². The van der Waals surface area contributed by atoms with Crippen molar-refractivity contribution in [3.63, 3.8) is 0 Å². The lowest BCUT2D eigenvalue weighted by Gasteiger charge is -2.14. The first kappa shape index (κ1) is 16.9. The van der Waals surface area contributed by atoms with Gasteiger partial charge in [0.2, 0.25) is 0 Å². The van der Waals surface area contributed by atoms with Gasteiger partial charge in [0.1, 0.15) is 5.69 Å². The van der Waals surface area contributed by atoms with E-state index in [2.05, 4.69) is 11.1 Å². The highest BCUT2D eigenvalue weighted by Gasteiger charge is 2.19. The molecule has 3 aromatic heterocycles. The van der Waals surface area contributed by atoms with E-state index in [1.54, 1.807) is 12.4 Å². The number of rotatable bonds is 2. The first-order valence-corrected chi connectivity index (χ1v) is 9.78. The van der Waals surface area contributed by atoms with Crippen LogP contribution in [0.1, 0.15) is 0 Å².